The lowest BCUT2D eigenvalue weighted by molar-refractivity contribution is -0.143. The van der Waals surface area contributed by atoms with Gasteiger partial charge < -0.3 is 10.1 Å². The number of carbonyl (C=O) groups excluding carboxylic acids is 1. The Morgan fingerprint density at radius 1 is 1.03 bits per heavy atom. The van der Waals surface area contributed by atoms with Gasteiger partial charge in [0.2, 0.25) is 0 Å². The van der Waals surface area contributed by atoms with Crippen molar-refractivity contribution in [2.45, 2.75) is 26.6 Å². The lowest BCUT2D eigenvalue weighted by atomic mass is 10.1. The van der Waals surface area contributed by atoms with E-state index < -0.39 is 46.6 Å². The third-order valence-corrected chi connectivity index (χ3v) is 5.59. The highest BCUT2D eigenvalue weighted by Crippen LogP contribution is 2.38. The minimum atomic E-state index is -5.67. The Morgan fingerprint density at radius 2 is 1.66 bits per heavy atom. The average molecular weight is 477 g/mol. The molecule has 1 aromatic heterocycles. The second kappa shape index (κ2) is 8.81. The highest BCUT2D eigenvalue weighted by atomic mass is 32.1. The molecule has 1 amide bonds. The van der Waals surface area contributed by atoms with Crippen molar-refractivity contribution in [3.8, 4) is 5.75 Å². The Morgan fingerprint density at radius 3 is 2.25 bits per heavy atom. The maximum atomic E-state index is 14.0. The number of carbonyl (C=O) groups is 1. The molecule has 3 nitrogen and oxygen atoms in total. The molecule has 0 radical (unpaired) electrons. The largest absolute Gasteiger partial charge is 0.489 e. The number of thiophene rings is 1. The summed E-state index contributed by atoms with van der Waals surface area (Å²) in [6.07, 6.45) is -5.67. The first-order valence-corrected chi connectivity index (χ1v) is 9.80. The van der Waals surface area contributed by atoms with E-state index in [2.05, 4.69) is 0 Å². The predicted octanol–water partition coefficient (Wildman–Crippen LogP) is 6.77. The van der Waals surface area contributed by atoms with Gasteiger partial charge >= 0.3 is 6.18 Å². The van der Waals surface area contributed by atoms with Crippen LogP contribution in [0.25, 0.3) is 0 Å². The summed E-state index contributed by atoms with van der Waals surface area (Å²) in [4.78, 5) is 12.2. The minimum absolute atomic E-state index is 0.0559. The van der Waals surface area contributed by atoms with Crippen LogP contribution in [-0.2, 0) is 12.8 Å². The van der Waals surface area contributed by atoms with Crippen LogP contribution in [0.15, 0.2) is 29.6 Å². The van der Waals surface area contributed by atoms with E-state index in [1.54, 1.807) is 17.4 Å². The highest BCUT2D eigenvalue weighted by Gasteiger charge is 2.42. The Bertz CT molecular complexity index is 1160. The molecule has 0 saturated heterocycles. The van der Waals surface area contributed by atoms with E-state index in [0.29, 0.717) is 11.3 Å². The number of rotatable bonds is 5. The molecule has 1 N–H and O–H groups in total. The molecular weight excluding hydrogens is 463 g/mol. The first-order valence-electron chi connectivity index (χ1n) is 8.92. The van der Waals surface area contributed by atoms with Gasteiger partial charge in [0, 0.05) is 5.56 Å². The number of halogens is 7. The number of anilines is 1. The van der Waals surface area contributed by atoms with E-state index in [1.807, 2.05) is 19.9 Å². The molecule has 0 spiro atoms. The van der Waals surface area contributed by atoms with E-state index in [1.165, 1.54) is 11.4 Å². The number of aryl methyl sites for hydroxylation is 1. The van der Waals surface area contributed by atoms with Crippen molar-refractivity contribution in [2.24, 2.45) is 0 Å². The minimum Gasteiger partial charge on any atom is -0.489 e. The lowest BCUT2D eigenvalue weighted by Crippen LogP contribution is -2.19. The van der Waals surface area contributed by atoms with E-state index in [0.717, 1.165) is 22.5 Å². The second-order valence-corrected chi connectivity index (χ2v) is 7.67. The lowest BCUT2D eigenvalue weighted by Gasteiger charge is -2.14. The molecule has 0 atom stereocenters. The molecular formula is C21H14F7NO2S. The molecule has 0 aliphatic heterocycles. The number of alkyl halides is 3. The first-order chi connectivity index (χ1) is 14.9. The van der Waals surface area contributed by atoms with E-state index in [-0.39, 0.29) is 11.5 Å². The summed E-state index contributed by atoms with van der Waals surface area (Å²) in [6.45, 7) is 3.82. The van der Waals surface area contributed by atoms with Crippen LogP contribution < -0.4 is 10.1 Å². The van der Waals surface area contributed by atoms with Crippen molar-refractivity contribution in [1.82, 2.24) is 0 Å². The molecule has 170 valence electrons. The zero-order valence-corrected chi connectivity index (χ0v) is 17.3. The van der Waals surface area contributed by atoms with Gasteiger partial charge in [-0.05, 0) is 42.5 Å². The van der Waals surface area contributed by atoms with Crippen LogP contribution in [0.5, 0.6) is 5.75 Å². The van der Waals surface area contributed by atoms with Gasteiger partial charge in [0.25, 0.3) is 5.91 Å². The number of ether oxygens (including phenoxy) is 1. The van der Waals surface area contributed by atoms with Gasteiger partial charge in [-0.15, -0.1) is 11.3 Å². The Balaban J connectivity index is 1.79. The van der Waals surface area contributed by atoms with E-state index >= 15 is 0 Å². The molecule has 3 rings (SSSR count). The predicted molar refractivity (Wildman–Crippen MR) is 104 cm³/mol. The van der Waals surface area contributed by atoms with Crippen LogP contribution in [-0.4, -0.2) is 5.91 Å². The molecule has 0 saturated carbocycles. The van der Waals surface area contributed by atoms with Gasteiger partial charge in [0.1, 0.15) is 23.6 Å². The monoisotopic (exact) mass is 477 g/mol. The molecule has 3 aromatic rings. The topological polar surface area (TPSA) is 38.3 Å². The maximum absolute atomic E-state index is 14.0. The summed E-state index contributed by atoms with van der Waals surface area (Å²) in [5.41, 5.74) is -1.93. The van der Waals surface area contributed by atoms with Gasteiger partial charge in [-0.3, -0.25) is 4.79 Å². The second-order valence-electron chi connectivity index (χ2n) is 6.76. The Kier molecular flexibility index (Phi) is 6.49. The third kappa shape index (κ3) is 4.57. The normalized spacial score (nSPS) is 11.5. The zero-order valence-electron chi connectivity index (χ0n) is 16.5. The van der Waals surface area contributed by atoms with Crippen LogP contribution in [0.1, 0.15) is 31.9 Å². The maximum Gasteiger partial charge on any atom is 0.422 e. The van der Waals surface area contributed by atoms with E-state index in [9.17, 15) is 35.5 Å². The molecule has 0 aliphatic carbocycles. The van der Waals surface area contributed by atoms with Crippen LogP contribution in [0.3, 0.4) is 0 Å². The van der Waals surface area contributed by atoms with Crippen LogP contribution >= 0.6 is 11.3 Å². The van der Waals surface area contributed by atoms with Gasteiger partial charge in [0.15, 0.2) is 23.3 Å². The fourth-order valence-electron chi connectivity index (χ4n) is 2.78. The van der Waals surface area contributed by atoms with Crippen molar-refractivity contribution < 1.29 is 40.3 Å². The average Bonchev–Trinajstić information content (AvgIpc) is 3.19. The summed E-state index contributed by atoms with van der Waals surface area (Å²) in [5.74, 6) is -10.6. The number of hydrogen-bond donors (Lipinski definition) is 1. The van der Waals surface area contributed by atoms with Crippen LogP contribution in [0.2, 0.25) is 0 Å². The van der Waals surface area contributed by atoms with Crippen molar-refractivity contribution in [2.75, 3.05) is 5.32 Å². The molecule has 0 unspecified atom stereocenters. The molecule has 0 fully saturated rings. The smallest absolute Gasteiger partial charge is 0.422 e. The SMILES string of the molecule is Cc1cccc(OCc2csc(C(=O)Nc3c(F)c(F)c(C(F)(F)F)c(F)c3F)c2)c1C. The summed E-state index contributed by atoms with van der Waals surface area (Å²) in [6, 6.07) is 6.77. The standard InChI is InChI=1S/C21H14F7NO2S/c1-9-4-3-5-12(10(9)2)31-7-11-6-13(32-8-11)20(30)29-19-17(24)15(22)14(21(26,27)28)16(23)18(19)25/h3-6,8H,7H2,1-2H3,(H,29,30). The third-order valence-electron chi connectivity index (χ3n) is 4.61. The molecule has 32 heavy (non-hydrogen) atoms. The van der Waals surface area contributed by atoms with Crippen molar-refractivity contribution in [3.05, 3.63) is 80.0 Å². The van der Waals surface area contributed by atoms with Gasteiger partial charge in [-0.25, -0.2) is 17.6 Å². The molecule has 0 bridgehead atoms. The highest BCUT2D eigenvalue weighted by molar-refractivity contribution is 7.12. The number of benzene rings is 2. The molecule has 1 heterocycles. The number of amides is 1. The van der Waals surface area contributed by atoms with E-state index in [4.69, 9.17) is 4.74 Å². The molecule has 2 aromatic carbocycles. The van der Waals surface area contributed by atoms with Crippen LogP contribution in [0.4, 0.5) is 36.4 Å². The fourth-order valence-corrected chi connectivity index (χ4v) is 3.57. The quantitative estimate of drug-likeness (QED) is 0.325. The van der Waals surface area contributed by atoms with Gasteiger partial charge in [-0.1, -0.05) is 12.1 Å². The summed E-state index contributed by atoms with van der Waals surface area (Å²) < 4.78 is 99.1. The Hall–Kier alpha value is -3.08. The summed E-state index contributed by atoms with van der Waals surface area (Å²) in [5, 5.41) is 3.11. The number of nitrogens with one attached hydrogen (secondary N) is 1. The Labute approximate surface area is 181 Å². The fraction of sp³-hybridized carbons (Fsp3) is 0.190. The van der Waals surface area contributed by atoms with Crippen molar-refractivity contribution >= 4 is 22.9 Å². The summed E-state index contributed by atoms with van der Waals surface area (Å²) in [7, 11) is 0. The molecule has 11 heteroatoms. The summed E-state index contributed by atoms with van der Waals surface area (Å²) >= 11 is 0.842. The first kappa shape index (κ1) is 23.6. The zero-order chi connectivity index (χ0) is 23.8. The number of hydrogen-bond acceptors (Lipinski definition) is 3. The van der Waals surface area contributed by atoms with Gasteiger partial charge in [0.05, 0.1) is 4.88 Å². The van der Waals surface area contributed by atoms with Gasteiger partial charge in [-0.2, -0.15) is 13.2 Å². The van der Waals surface area contributed by atoms with Crippen molar-refractivity contribution in [1.29, 1.82) is 0 Å². The van der Waals surface area contributed by atoms with Crippen LogP contribution in [0, 0.1) is 37.1 Å². The molecule has 0 aliphatic rings. The van der Waals surface area contributed by atoms with Crippen molar-refractivity contribution in [3.63, 3.8) is 0 Å².